The first-order valence-corrected chi connectivity index (χ1v) is 11.0. The van der Waals surface area contributed by atoms with E-state index in [0.717, 1.165) is 19.5 Å². The minimum Gasteiger partial charge on any atom is -0.487 e. The zero-order chi connectivity index (χ0) is 19.8. The summed E-state index contributed by atoms with van der Waals surface area (Å²) < 4.78 is 33.8. The Morgan fingerprint density at radius 2 is 1.74 bits per heavy atom. The first kappa shape index (κ1) is 20.8. The van der Waals surface area contributed by atoms with Crippen LogP contribution in [0, 0.1) is 0 Å². The van der Waals surface area contributed by atoms with Crippen LogP contribution in [0.15, 0.2) is 35.2 Å². The highest BCUT2D eigenvalue weighted by atomic mass is 35.5. The quantitative estimate of drug-likeness (QED) is 0.654. The Hall–Kier alpha value is -0.890. The van der Waals surface area contributed by atoms with Crippen molar-refractivity contribution in [2.24, 2.45) is 0 Å². The molecule has 1 fully saturated rings. The SMILES string of the molecule is CN1CC[C@H](Oc2cc(NS(=O)(=O)c3c(Cl)cc(Cl)cc3Cl)ccc2Cl)C1. The van der Waals surface area contributed by atoms with Gasteiger partial charge < -0.3 is 9.64 Å². The normalized spacial score (nSPS) is 17.9. The molecule has 2 aromatic rings. The van der Waals surface area contributed by atoms with Crippen LogP contribution in [0.3, 0.4) is 0 Å². The Balaban J connectivity index is 1.86. The zero-order valence-corrected chi connectivity index (χ0v) is 18.0. The molecule has 0 aromatic heterocycles. The third kappa shape index (κ3) is 4.94. The topological polar surface area (TPSA) is 58.6 Å². The number of likely N-dealkylation sites (tertiary alicyclic amines) is 1. The number of hydrogen-bond acceptors (Lipinski definition) is 4. The van der Waals surface area contributed by atoms with Crippen molar-refractivity contribution in [1.29, 1.82) is 0 Å². The Bertz CT molecular complexity index is 946. The maximum Gasteiger partial charge on any atom is 0.264 e. The lowest BCUT2D eigenvalue weighted by molar-refractivity contribution is 0.208. The van der Waals surface area contributed by atoms with Gasteiger partial charge in [-0.15, -0.1) is 0 Å². The maximum atomic E-state index is 12.7. The third-order valence-electron chi connectivity index (χ3n) is 4.06. The Kier molecular flexibility index (Phi) is 6.35. The number of halogens is 4. The number of benzene rings is 2. The first-order valence-electron chi connectivity index (χ1n) is 7.98. The van der Waals surface area contributed by atoms with Crippen LogP contribution in [0.1, 0.15) is 6.42 Å². The number of rotatable bonds is 5. The Labute approximate surface area is 178 Å². The average Bonchev–Trinajstić information content (AvgIpc) is 2.94. The molecule has 10 heteroatoms. The summed E-state index contributed by atoms with van der Waals surface area (Å²) in [7, 11) is -2.03. The first-order chi connectivity index (χ1) is 12.7. The summed E-state index contributed by atoms with van der Waals surface area (Å²) in [6.45, 7) is 1.71. The zero-order valence-electron chi connectivity index (χ0n) is 14.2. The lowest BCUT2D eigenvalue weighted by Crippen LogP contribution is -2.21. The van der Waals surface area contributed by atoms with Crippen molar-refractivity contribution in [3.05, 3.63) is 50.4 Å². The number of sulfonamides is 1. The van der Waals surface area contributed by atoms with Gasteiger partial charge in [-0.05, 0) is 37.7 Å². The van der Waals surface area contributed by atoms with Gasteiger partial charge in [0.2, 0.25) is 0 Å². The second-order valence-electron chi connectivity index (χ2n) is 6.24. The molecule has 3 rings (SSSR count). The second-order valence-corrected chi connectivity index (χ2v) is 9.52. The van der Waals surface area contributed by atoms with Crippen LogP contribution in [-0.4, -0.2) is 39.6 Å². The minimum absolute atomic E-state index is 0.000453. The van der Waals surface area contributed by atoms with Crippen LogP contribution in [0.4, 0.5) is 5.69 Å². The van der Waals surface area contributed by atoms with E-state index in [-0.39, 0.29) is 31.8 Å². The molecule has 0 spiro atoms. The Morgan fingerprint density at radius 1 is 1.07 bits per heavy atom. The Morgan fingerprint density at radius 3 is 2.33 bits per heavy atom. The monoisotopic (exact) mass is 468 g/mol. The summed E-state index contributed by atoms with van der Waals surface area (Å²) in [6.07, 6.45) is 0.873. The molecule has 5 nitrogen and oxygen atoms in total. The van der Waals surface area contributed by atoms with Crippen LogP contribution >= 0.6 is 46.4 Å². The fraction of sp³-hybridized carbons (Fsp3) is 0.294. The van der Waals surface area contributed by atoms with Crippen LogP contribution in [0.2, 0.25) is 20.1 Å². The van der Waals surface area contributed by atoms with Crippen molar-refractivity contribution >= 4 is 62.1 Å². The fourth-order valence-corrected chi connectivity index (χ4v) is 5.58. The van der Waals surface area contributed by atoms with Gasteiger partial charge in [0, 0.05) is 24.2 Å². The second kappa shape index (κ2) is 8.23. The van der Waals surface area contributed by atoms with E-state index in [1.807, 2.05) is 7.05 Å². The molecule has 2 aromatic carbocycles. The number of likely N-dealkylation sites (N-methyl/N-ethyl adjacent to an activating group) is 1. The minimum atomic E-state index is -4.04. The molecule has 1 aliphatic heterocycles. The van der Waals surface area contributed by atoms with Crippen LogP contribution < -0.4 is 9.46 Å². The third-order valence-corrected chi connectivity index (χ3v) is 6.89. The molecular weight excluding hydrogens is 454 g/mol. The molecule has 0 aliphatic carbocycles. The lowest BCUT2D eigenvalue weighted by Gasteiger charge is -2.17. The van der Waals surface area contributed by atoms with Crippen LogP contribution in [0.5, 0.6) is 5.75 Å². The molecule has 1 aliphatic rings. The fourth-order valence-electron chi connectivity index (χ4n) is 2.82. The molecule has 1 heterocycles. The van der Waals surface area contributed by atoms with Gasteiger partial charge in [0.1, 0.15) is 16.7 Å². The van der Waals surface area contributed by atoms with Gasteiger partial charge in [0.05, 0.1) is 20.8 Å². The maximum absolute atomic E-state index is 12.7. The van der Waals surface area contributed by atoms with Crippen LogP contribution in [0.25, 0.3) is 0 Å². The van der Waals surface area contributed by atoms with E-state index >= 15 is 0 Å². The van der Waals surface area contributed by atoms with Gasteiger partial charge in [0.15, 0.2) is 0 Å². The van der Waals surface area contributed by atoms with Gasteiger partial charge in [-0.1, -0.05) is 46.4 Å². The van der Waals surface area contributed by atoms with Crippen molar-refractivity contribution in [2.75, 3.05) is 24.9 Å². The lowest BCUT2D eigenvalue weighted by atomic mass is 10.3. The average molecular weight is 470 g/mol. The predicted molar refractivity (Wildman–Crippen MR) is 110 cm³/mol. The number of ether oxygens (including phenoxy) is 1. The molecule has 1 N–H and O–H groups in total. The van der Waals surface area contributed by atoms with Crippen molar-refractivity contribution in [1.82, 2.24) is 4.90 Å². The molecular formula is C17H16Cl4N2O3S. The molecule has 146 valence electrons. The van der Waals surface area contributed by atoms with E-state index in [1.54, 1.807) is 6.07 Å². The highest BCUT2D eigenvalue weighted by Crippen LogP contribution is 2.35. The van der Waals surface area contributed by atoms with E-state index < -0.39 is 10.0 Å². The molecule has 0 saturated carbocycles. The van der Waals surface area contributed by atoms with Gasteiger partial charge in [-0.3, -0.25) is 4.72 Å². The molecule has 0 amide bonds. The number of hydrogen-bond donors (Lipinski definition) is 1. The summed E-state index contributed by atoms with van der Waals surface area (Å²) in [5, 5.41) is 0.501. The van der Waals surface area contributed by atoms with Gasteiger partial charge in [0.25, 0.3) is 10.0 Å². The number of nitrogens with zero attached hydrogens (tertiary/aromatic N) is 1. The predicted octanol–water partition coefficient (Wildman–Crippen LogP) is 5.18. The van der Waals surface area contributed by atoms with E-state index in [9.17, 15) is 8.42 Å². The summed E-state index contributed by atoms with van der Waals surface area (Å²) in [4.78, 5) is 1.90. The van der Waals surface area contributed by atoms with E-state index in [4.69, 9.17) is 51.1 Å². The van der Waals surface area contributed by atoms with Crippen LogP contribution in [-0.2, 0) is 10.0 Å². The molecule has 1 atom stereocenters. The summed E-state index contributed by atoms with van der Waals surface area (Å²) in [5.41, 5.74) is 0.280. The smallest absolute Gasteiger partial charge is 0.264 e. The molecule has 1 saturated heterocycles. The summed E-state index contributed by atoms with van der Waals surface area (Å²) in [6, 6.07) is 7.27. The molecule has 27 heavy (non-hydrogen) atoms. The molecule has 0 unspecified atom stereocenters. The standard InChI is InChI=1S/C17H16Cl4N2O3S/c1-23-5-4-12(9-23)26-16-8-11(2-3-13(16)19)22-27(24,25)17-14(20)6-10(18)7-15(17)21/h2-3,6-8,12,22H,4-5,9H2,1H3/t12-/m0/s1. The van der Waals surface area contributed by atoms with Crippen molar-refractivity contribution in [3.8, 4) is 5.75 Å². The van der Waals surface area contributed by atoms with E-state index in [1.165, 1.54) is 24.3 Å². The molecule has 0 bridgehead atoms. The highest BCUT2D eigenvalue weighted by molar-refractivity contribution is 7.93. The van der Waals surface area contributed by atoms with E-state index in [2.05, 4.69) is 9.62 Å². The van der Waals surface area contributed by atoms with Gasteiger partial charge in [-0.2, -0.15) is 0 Å². The number of anilines is 1. The van der Waals surface area contributed by atoms with Crippen molar-refractivity contribution in [2.45, 2.75) is 17.4 Å². The van der Waals surface area contributed by atoms with E-state index in [0.29, 0.717) is 10.8 Å². The summed E-state index contributed by atoms with van der Waals surface area (Å²) in [5.74, 6) is 0.408. The molecule has 0 radical (unpaired) electrons. The largest absolute Gasteiger partial charge is 0.487 e. The van der Waals surface area contributed by atoms with Gasteiger partial charge in [-0.25, -0.2) is 8.42 Å². The number of nitrogens with one attached hydrogen (secondary N) is 1. The highest BCUT2D eigenvalue weighted by Gasteiger charge is 2.24. The van der Waals surface area contributed by atoms with Crippen molar-refractivity contribution in [3.63, 3.8) is 0 Å². The van der Waals surface area contributed by atoms with Crippen molar-refractivity contribution < 1.29 is 13.2 Å². The summed E-state index contributed by atoms with van der Waals surface area (Å²) >= 11 is 24.1. The van der Waals surface area contributed by atoms with Gasteiger partial charge >= 0.3 is 0 Å².